The molecule has 0 atom stereocenters. The van der Waals surface area contributed by atoms with Crippen LogP contribution in [0.15, 0.2) is 12.1 Å². The number of anilines is 2. The van der Waals surface area contributed by atoms with Gasteiger partial charge in [0, 0.05) is 32.8 Å². The van der Waals surface area contributed by atoms with Crippen molar-refractivity contribution in [1.29, 1.82) is 0 Å². The van der Waals surface area contributed by atoms with Crippen molar-refractivity contribution in [2.24, 2.45) is 0 Å². The van der Waals surface area contributed by atoms with E-state index >= 15 is 0 Å². The molecule has 0 fully saturated rings. The van der Waals surface area contributed by atoms with Gasteiger partial charge in [-0.2, -0.15) is 0 Å². The van der Waals surface area contributed by atoms with Gasteiger partial charge in [0.05, 0.1) is 23.0 Å². The van der Waals surface area contributed by atoms with Gasteiger partial charge in [-0.15, -0.1) is 0 Å². The van der Waals surface area contributed by atoms with Gasteiger partial charge < -0.3 is 20.7 Å². The summed E-state index contributed by atoms with van der Waals surface area (Å²) in [6, 6.07) is 2.72. The van der Waals surface area contributed by atoms with E-state index in [1.807, 2.05) is 7.05 Å². The molecule has 102 valence electrons. The van der Waals surface area contributed by atoms with E-state index in [1.54, 1.807) is 7.11 Å². The van der Waals surface area contributed by atoms with E-state index in [4.69, 9.17) is 22.1 Å². The monoisotopic (exact) mass is 275 g/mol. The summed E-state index contributed by atoms with van der Waals surface area (Å²) in [7, 11) is 3.68. The first-order chi connectivity index (χ1) is 8.54. The third-order valence-corrected chi connectivity index (χ3v) is 2.87. The Balaban J connectivity index is 2.42. The van der Waals surface area contributed by atoms with Crippen LogP contribution in [0.1, 0.15) is 0 Å². The third kappa shape index (κ3) is 4.68. The summed E-state index contributed by atoms with van der Waals surface area (Å²) in [6.07, 6.45) is 0. The molecule has 0 aliphatic rings. The van der Waals surface area contributed by atoms with Crippen molar-refractivity contribution < 1.29 is 9.13 Å². The van der Waals surface area contributed by atoms with E-state index in [-0.39, 0.29) is 5.02 Å². The fourth-order valence-corrected chi connectivity index (χ4v) is 1.62. The van der Waals surface area contributed by atoms with Gasteiger partial charge in [-0.1, -0.05) is 11.6 Å². The van der Waals surface area contributed by atoms with Gasteiger partial charge in [-0.3, -0.25) is 0 Å². The zero-order chi connectivity index (χ0) is 13.5. The van der Waals surface area contributed by atoms with Crippen molar-refractivity contribution >= 4 is 23.0 Å². The van der Waals surface area contributed by atoms with Crippen molar-refractivity contribution in [2.75, 3.05) is 51.4 Å². The fourth-order valence-electron chi connectivity index (χ4n) is 1.46. The van der Waals surface area contributed by atoms with E-state index in [9.17, 15) is 4.39 Å². The number of nitrogens with one attached hydrogen (secondary N) is 1. The molecule has 3 N–H and O–H groups in total. The number of nitrogen functional groups attached to an aromatic ring is 1. The predicted octanol–water partition coefficient (Wildman–Crippen LogP) is 2.05. The fraction of sp³-hybridized carbons (Fsp3) is 0.500. The Morgan fingerprint density at radius 2 is 2.17 bits per heavy atom. The number of methoxy groups -OCH3 is 1. The van der Waals surface area contributed by atoms with Crippen LogP contribution in [0.2, 0.25) is 5.02 Å². The standard InChI is InChI=1S/C12H19ClFN3O/c1-17(5-6-18-2)4-3-16-12-7-9(13)10(14)8-11(12)15/h7-8,16H,3-6,15H2,1-2H3. The maximum Gasteiger partial charge on any atom is 0.143 e. The Morgan fingerprint density at radius 3 is 2.83 bits per heavy atom. The summed E-state index contributed by atoms with van der Waals surface area (Å²) in [6.45, 7) is 3.09. The van der Waals surface area contributed by atoms with Crippen LogP contribution >= 0.6 is 11.6 Å². The van der Waals surface area contributed by atoms with Crippen LogP contribution < -0.4 is 11.1 Å². The van der Waals surface area contributed by atoms with Crippen LogP contribution in [-0.2, 0) is 4.74 Å². The molecular weight excluding hydrogens is 257 g/mol. The lowest BCUT2D eigenvalue weighted by molar-refractivity contribution is 0.163. The van der Waals surface area contributed by atoms with Gasteiger partial charge in [-0.25, -0.2) is 4.39 Å². The number of benzene rings is 1. The molecule has 0 heterocycles. The Kier molecular flexibility index (Phi) is 6.18. The number of nitrogens with zero attached hydrogens (tertiary/aromatic N) is 1. The minimum Gasteiger partial charge on any atom is -0.397 e. The Hall–Kier alpha value is -1.04. The normalized spacial score (nSPS) is 10.9. The molecule has 18 heavy (non-hydrogen) atoms. The van der Waals surface area contributed by atoms with E-state index in [0.29, 0.717) is 24.5 Å². The second-order valence-electron chi connectivity index (χ2n) is 4.08. The number of ether oxygens (including phenoxy) is 1. The first-order valence-electron chi connectivity index (χ1n) is 5.70. The third-order valence-electron chi connectivity index (χ3n) is 2.58. The number of halogens is 2. The highest BCUT2D eigenvalue weighted by Gasteiger charge is 2.06. The smallest absolute Gasteiger partial charge is 0.143 e. The molecule has 0 unspecified atom stereocenters. The van der Waals surface area contributed by atoms with Crippen molar-refractivity contribution in [1.82, 2.24) is 4.90 Å². The molecule has 0 bridgehead atoms. The number of hydrogen-bond donors (Lipinski definition) is 2. The highest BCUT2D eigenvalue weighted by Crippen LogP contribution is 2.25. The molecule has 1 rings (SSSR count). The number of nitrogens with two attached hydrogens (primary N) is 1. The zero-order valence-electron chi connectivity index (χ0n) is 10.7. The summed E-state index contributed by atoms with van der Waals surface area (Å²) in [5.41, 5.74) is 6.70. The Labute approximate surface area is 112 Å². The van der Waals surface area contributed by atoms with Gasteiger partial charge in [0.2, 0.25) is 0 Å². The van der Waals surface area contributed by atoms with Crippen molar-refractivity contribution in [3.05, 3.63) is 23.0 Å². The maximum absolute atomic E-state index is 13.1. The molecule has 1 aromatic rings. The predicted molar refractivity (Wildman–Crippen MR) is 73.7 cm³/mol. The second kappa shape index (κ2) is 7.41. The second-order valence-corrected chi connectivity index (χ2v) is 4.48. The summed E-state index contributed by atoms with van der Waals surface area (Å²) in [4.78, 5) is 2.12. The number of rotatable bonds is 7. The van der Waals surface area contributed by atoms with E-state index < -0.39 is 5.82 Å². The summed E-state index contributed by atoms with van der Waals surface area (Å²) in [5.74, 6) is -0.503. The molecule has 1 aromatic carbocycles. The van der Waals surface area contributed by atoms with E-state index in [1.165, 1.54) is 12.1 Å². The zero-order valence-corrected chi connectivity index (χ0v) is 11.4. The van der Waals surface area contributed by atoms with Crippen molar-refractivity contribution in [2.45, 2.75) is 0 Å². The van der Waals surface area contributed by atoms with Crippen LogP contribution in [0.3, 0.4) is 0 Å². The molecule has 6 heteroatoms. The van der Waals surface area contributed by atoms with Crippen molar-refractivity contribution in [3.63, 3.8) is 0 Å². The lowest BCUT2D eigenvalue weighted by Crippen LogP contribution is -2.28. The molecule has 0 aromatic heterocycles. The van der Waals surface area contributed by atoms with Crippen molar-refractivity contribution in [3.8, 4) is 0 Å². The topological polar surface area (TPSA) is 50.5 Å². The highest BCUT2D eigenvalue weighted by molar-refractivity contribution is 6.31. The SMILES string of the molecule is COCCN(C)CCNc1cc(Cl)c(F)cc1N. The highest BCUT2D eigenvalue weighted by atomic mass is 35.5. The molecule has 4 nitrogen and oxygen atoms in total. The molecule has 0 amide bonds. The lowest BCUT2D eigenvalue weighted by Gasteiger charge is -2.17. The van der Waals surface area contributed by atoms with Crippen LogP contribution in [0, 0.1) is 5.82 Å². The summed E-state index contributed by atoms with van der Waals surface area (Å²) in [5, 5.41) is 3.20. The number of hydrogen-bond acceptors (Lipinski definition) is 4. The summed E-state index contributed by atoms with van der Waals surface area (Å²) < 4.78 is 18.1. The average Bonchev–Trinajstić information content (AvgIpc) is 2.33. The van der Waals surface area contributed by atoms with Crippen LogP contribution in [0.5, 0.6) is 0 Å². The summed E-state index contributed by atoms with van der Waals surface area (Å²) >= 11 is 5.70. The minimum absolute atomic E-state index is 0.0689. The van der Waals surface area contributed by atoms with Gasteiger partial charge >= 0.3 is 0 Å². The van der Waals surface area contributed by atoms with Gasteiger partial charge in [-0.05, 0) is 13.1 Å². The van der Waals surface area contributed by atoms with Crippen LogP contribution in [-0.4, -0.2) is 45.3 Å². The minimum atomic E-state index is -0.503. The average molecular weight is 276 g/mol. The first kappa shape index (κ1) is 15.0. The van der Waals surface area contributed by atoms with Crippen LogP contribution in [0.25, 0.3) is 0 Å². The maximum atomic E-state index is 13.1. The molecule has 0 spiro atoms. The number of likely N-dealkylation sites (N-methyl/N-ethyl adjacent to an activating group) is 1. The Morgan fingerprint density at radius 1 is 1.44 bits per heavy atom. The van der Waals surface area contributed by atoms with E-state index in [2.05, 4.69) is 10.2 Å². The Bertz CT molecular complexity index is 390. The molecule has 0 aliphatic carbocycles. The molecular formula is C12H19ClFN3O. The van der Waals surface area contributed by atoms with Gasteiger partial charge in [0.1, 0.15) is 5.82 Å². The van der Waals surface area contributed by atoms with Gasteiger partial charge in [0.15, 0.2) is 0 Å². The first-order valence-corrected chi connectivity index (χ1v) is 6.08. The molecule has 0 saturated carbocycles. The van der Waals surface area contributed by atoms with E-state index in [0.717, 1.165) is 13.1 Å². The molecule has 0 aliphatic heterocycles. The van der Waals surface area contributed by atoms with Gasteiger partial charge in [0.25, 0.3) is 0 Å². The molecule has 0 radical (unpaired) electrons. The quantitative estimate of drug-likeness (QED) is 0.748. The largest absolute Gasteiger partial charge is 0.397 e. The van der Waals surface area contributed by atoms with Crippen LogP contribution in [0.4, 0.5) is 15.8 Å². The molecule has 0 saturated heterocycles. The lowest BCUT2D eigenvalue weighted by atomic mass is 10.2.